The van der Waals surface area contributed by atoms with Crippen LogP contribution in [0.5, 0.6) is 0 Å². The van der Waals surface area contributed by atoms with E-state index < -0.39 is 0 Å². The Bertz CT molecular complexity index is 471. The maximum Gasteiger partial charge on any atom is 0.236 e. The molecular weight excluding hydrogens is 262 g/mol. The summed E-state index contributed by atoms with van der Waals surface area (Å²) in [4.78, 5) is 16.1. The van der Waals surface area contributed by atoms with Crippen molar-refractivity contribution in [3.8, 4) is 0 Å². The third-order valence-electron chi connectivity index (χ3n) is 3.75. The molecule has 0 fully saturated rings. The van der Waals surface area contributed by atoms with E-state index in [0.717, 1.165) is 6.54 Å². The first-order valence-electron chi connectivity index (χ1n) is 7.42. The predicted octanol–water partition coefficient (Wildman–Crippen LogP) is 1.87. The molecule has 1 amide bonds. The molecular formula is C17H29N3O. The summed E-state index contributed by atoms with van der Waals surface area (Å²) in [5.41, 5.74) is 8.18. The van der Waals surface area contributed by atoms with Gasteiger partial charge in [-0.2, -0.15) is 0 Å². The van der Waals surface area contributed by atoms with Gasteiger partial charge in [0.2, 0.25) is 5.91 Å². The van der Waals surface area contributed by atoms with Gasteiger partial charge in [-0.15, -0.1) is 0 Å². The summed E-state index contributed by atoms with van der Waals surface area (Å²) in [6.07, 6.45) is 0. The second-order valence-corrected chi connectivity index (χ2v) is 6.72. The van der Waals surface area contributed by atoms with Gasteiger partial charge in [0, 0.05) is 20.1 Å². The van der Waals surface area contributed by atoms with E-state index in [2.05, 4.69) is 32.9 Å². The fraction of sp³-hybridized carbons (Fsp3) is 0.588. The molecule has 0 heterocycles. The van der Waals surface area contributed by atoms with Crippen molar-refractivity contribution in [1.29, 1.82) is 0 Å². The summed E-state index contributed by atoms with van der Waals surface area (Å²) in [5, 5.41) is 0. The van der Waals surface area contributed by atoms with E-state index in [1.54, 1.807) is 4.90 Å². The van der Waals surface area contributed by atoms with E-state index in [1.807, 2.05) is 31.1 Å². The fourth-order valence-corrected chi connectivity index (χ4v) is 2.33. The molecule has 0 bridgehead atoms. The molecule has 0 aliphatic carbocycles. The van der Waals surface area contributed by atoms with E-state index in [0.29, 0.717) is 19.6 Å². The highest BCUT2D eigenvalue weighted by Crippen LogP contribution is 2.14. The van der Waals surface area contributed by atoms with Gasteiger partial charge in [0.15, 0.2) is 0 Å². The topological polar surface area (TPSA) is 49.6 Å². The highest BCUT2D eigenvalue weighted by molar-refractivity contribution is 5.78. The summed E-state index contributed by atoms with van der Waals surface area (Å²) in [6, 6.07) is 8.17. The van der Waals surface area contributed by atoms with Crippen LogP contribution in [0.3, 0.4) is 0 Å². The SMILES string of the molecule is Cc1ccccc1CN(C)C(=O)CN(C)CC(C)(C)CN. The average molecular weight is 291 g/mol. The van der Waals surface area contributed by atoms with E-state index in [4.69, 9.17) is 5.73 Å². The molecule has 0 radical (unpaired) electrons. The molecule has 0 saturated carbocycles. The van der Waals surface area contributed by atoms with Crippen LogP contribution in [0.1, 0.15) is 25.0 Å². The number of likely N-dealkylation sites (N-methyl/N-ethyl adjacent to an activating group) is 2. The molecule has 0 aliphatic heterocycles. The van der Waals surface area contributed by atoms with Crippen LogP contribution in [0.25, 0.3) is 0 Å². The lowest BCUT2D eigenvalue weighted by atomic mass is 9.93. The smallest absolute Gasteiger partial charge is 0.236 e. The summed E-state index contributed by atoms with van der Waals surface area (Å²) >= 11 is 0. The number of nitrogens with zero attached hydrogens (tertiary/aromatic N) is 2. The Kier molecular flexibility index (Phi) is 6.37. The van der Waals surface area contributed by atoms with Crippen LogP contribution in [0, 0.1) is 12.3 Å². The Balaban J connectivity index is 2.53. The van der Waals surface area contributed by atoms with Crippen LogP contribution in [-0.2, 0) is 11.3 Å². The van der Waals surface area contributed by atoms with Gasteiger partial charge in [0.05, 0.1) is 6.54 Å². The van der Waals surface area contributed by atoms with E-state index in [-0.39, 0.29) is 11.3 Å². The molecule has 118 valence electrons. The Morgan fingerprint density at radius 3 is 2.43 bits per heavy atom. The normalized spacial score (nSPS) is 11.8. The van der Waals surface area contributed by atoms with Crippen molar-refractivity contribution in [2.45, 2.75) is 27.3 Å². The van der Waals surface area contributed by atoms with Crippen molar-refractivity contribution in [2.75, 3.05) is 33.7 Å². The first-order chi connectivity index (χ1) is 9.75. The zero-order chi connectivity index (χ0) is 16.0. The molecule has 0 atom stereocenters. The molecule has 1 aromatic carbocycles. The van der Waals surface area contributed by atoms with Gasteiger partial charge in [-0.25, -0.2) is 0 Å². The van der Waals surface area contributed by atoms with E-state index >= 15 is 0 Å². The molecule has 1 aromatic rings. The van der Waals surface area contributed by atoms with Crippen LogP contribution < -0.4 is 5.73 Å². The van der Waals surface area contributed by atoms with Crippen molar-refractivity contribution in [3.05, 3.63) is 35.4 Å². The Morgan fingerprint density at radius 1 is 1.24 bits per heavy atom. The molecule has 0 spiro atoms. The average Bonchev–Trinajstić information content (AvgIpc) is 2.40. The number of aryl methyl sites for hydroxylation is 1. The quantitative estimate of drug-likeness (QED) is 0.834. The molecule has 0 aromatic heterocycles. The number of hydrogen-bond acceptors (Lipinski definition) is 3. The van der Waals surface area contributed by atoms with Crippen LogP contribution in [-0.4, -0.2) is 49.4 Å². The first kappa shape index (κ1) is 17.7. The highest BCUT2D eigenvalue weighted by atomic mass is 16.2. The summed E-state index contributed by atoms with van der Waals surface area (Å²) in [7, 11) is 3.83. The number of benzene rings is 1. The number of nitrogens with two attached hydrogens (primary N) is 1. The van der Waals surface area contributed by atoms with Crippen LogP contribution in [0.2, 0.25) is 0 Å². The van der Waals surface area contributed by atoms with Gasteiger partial charge in [-0.3, -0.25) is 9.69 Å². The molecule has 4 heteroatoms. The van der Waals surface area contributed by atoms with Gasteiger partial charge >= 0.3 is 0 Å². The maximum absolute atomic E-state index is 12.3. The van der Waals surface area contributed by atoms with Crippen molar-refractivity contribution >= 4 is 5.91 Å². The van der Waals surface area contributed by atoms with E-state index in [1.165, 1.54) is 11.1 Å². The van der Waals surface area contributed by atoms with Crippen LogP contribution >= 0.6 is 0 Å². The Hall–Kier alpha value is -1.39. The van der Waals surface area contributed by atoms with Gasteiger partial charge in [0.25, 0.3) is 0 Å². The van der Waals surface area contributed by atoms with Crippen molar-refractivity contribution in [1.82, 2.24) is 9.80 Å². The summed E-state index contributed by atoms with van der Waals surface area (Å²) < 4.78 is 0. The molecule has 0 saturated heterocycles. The largest absolute Gasteiger partial charge is 0.340 e. The molecule has 2 N–H and O–H groups in total. The first-order valence-corrected chi connectivity index (χ1v) is 7.42. The molecule has 21 heavy (non-hydrogen) atoms. The second-order valence-electron chi connectivity index (χ2n) is 6.72. The highest BCUT2D eigenvalue weighted by Gasteiger charge is 2.20. The lowest BCUT2D eigenvalue weighted by molar-refractivity contribution is -0.131. The van der Waals surface area contributed by atoms with Gasteiger partial charge in [0.1, 0.15) is 0 Å². The fourth-order valence-electron chi connectivity index (χ4n) is 2.33. The summed E-state index contributed by atoms with van der Waals surface area (Å²) in [6.45, 7) is 8.81. The zero-order valence-corrected chi connectivity index (χ0v) is 14.0. The number of carbonyl (C=O) groups excluding carboxylic acids is 1. The summed E-state index contributed by atoms with van der Waals surface area (Å²) in [5.74, 6) is 0.133. The van der Waals surface area contributed by atoms with E-state index in [9.17, 15) is 4.79 Å². The minimum Gasteiger partial charge on any atom is -0.340 e. The number of hydrogen-bond donors (Lipinski definition) is 1. The lowest BCUT2D eigenvalue weighted by Crippen LogP contribution is -2.42. The third-order valence-corrected chi connectivity index (χ3v) is 3.75. The Morgan fingerprint density at radius 2 is 1.86 bits per heavy atom. The maximum atomic E-state index is 12.3. The number of carbonyl (C=O) groups is 1. The standard InChI is InChI=1S/C17H29N3O/c1-14-8-6-7-9-15(14)10-20(5)16(21)11-19(4)13-17(2,3)12-18/h6-9H,10-13,18H2,1-5H3. The van der Waals surface area contributed by atoms with Gasteiger partial charge < -0.3 is 10.6 Å². The number of rotatable bonds is 7. The van der Waals surface area contributed by atoms with Crippen molar-refractivity contribution in [3.63, 3.8) is 0 Å². The van der Waals surface area contributed by atoms with Crippen molar-refractivity contribution < 1.29 is 4.79 Å². The van der Waals surface area contributed by atoms with Gasteiger partial charge in [-0.1, -0.05) is 38.1 Å². The molecule has 4 nitrogen and oxygen atoms in total. The molecule has 0 aliphatic rings. The lowest BCUT2D eigenvalue weighted by Gasteiger charge is -2.29. The minimum absolute atomic E-state index is 0.0314. The molecule has 1 rings (SSSR count). The second kappa shape index (κ2) is 7.57. The Labute approximate surface area is 128 Å². The van der Waals surface area contributed by atoms with Crippen LogP contribution in [0.15, 0.2) is 24.3 Å². The third kappa shape index (κ3) is 5.86. The molecule has 0 unspecified atom stereocenters. The van der Waals surface area contributed by atoms with Crippen LogP contribution in [0.4, 0.5) is 0 Å². The zero-order valence-electron chi connectivity index (χ0n) is 14.0. The van der Waals surface area contributed by atoms with Crippen molar-refractivity contribution in [2.24, 2.45) is 11.1 Å². The number of amides is 1. The monoisotopic (exact) mass is 291 g/mol. The minimum atomic E-state index is 0.0314. The predicted molar refractivity (Wildman–Crippen MR) is 88.0 cm³/mol. The van der Waals surface area contributed by atoms with Gasteiger partial charge in [-0.05, 0) is 37.1 Å².